The van der Waals surface area contributed by atoms with E-state index in [4.69, 9.17) is 5.11 Å². The second kappa shape index (κ2) is 7.21. The van der Waals surface area contributed by atoms with Crippen LogP contribution in [0.5, 0.6) is 0 Å². The molecule has 1 N–H and O–H groups in total. The van der Waals surface area contributed by atoms with E-state index in [-0.39, 0.29) is 12.5 Å². The maximum Gasteiger partial charge on any atom is 0.273 e. The highest BCUT2D eigenvalue weighted by Gasteiger charge is 2.28. The minimum absolute atomic E-state index is 0.0793. The lowest BCUT2D eigenvalue weighted by atomic mass is 10.1. The number of hydrogen-bond donors (Lipinski definition) is 1. The van der Waals surface area contributed by atoms with Crippen molar-refractivity contribution < 1.29 is 9.90 Å². The molecule has 1 saturated heterocycles. The van der Waals surface area contributed by atoms with Crippen LogP contribution in [0.3, 0.4) is 0 Å². The highest BCUT2D eigenvalue weighted by atomic mass is 16.2. The highest BCUT2D eigenvalue weighted by Crippen LogP contribution is 2.15. The van der Waals surface area contributed by atoms with Gasteiger partial charge in [0, 0.05) is 31.9 Å². The third-order valence-corrected chi connectivity index (χ3v) is 3.85. The van der Waals surface area contributed by atoms with Gasteiger partial charge in [0.15, 0.2) is 0 Å². The van der Waals surface area contributed by atoms with Gasteiger partial charge in [0.05, 0.1) is 5.56 Å². The number of nitrogens with zero attached hydrogens (tertiary/aromatic N) is 3. The lowest BCUT2D eigenvalue weighted by molar-refractivity contribution is 0.0536. The fourth-order valence-corrected chi connectivity index (χ4v) is 2.53. The summed E-state index contributed by atoms with van der Waals surface area (Å²) in [5.41, 5.74) is 0.946. The molecule has 0 aromatic carbocycles. The molecule has 1 aliphatic rings. The third-order valence-electron chi connectivity index (χ3n) is 3.85. The smallest absolute Gasteiger partial charge is 0.273 e. The fraction of sp³-hybridized carbons (Fsp3) is 0.500. The molecular weight excluding hydrogens is 266 g/mol. The van der Waals surface area contributed by atoms with Crippen LogP contribution in [0.15, 0.2) is 18.3 Å². The molecule has 1 aromatic rings. The van der Waals surface area contributed by atoms with E-state index in [0.717, 1.165) is 19.5 Å². The maximum absolute atomic E-state index is 12.7. The van der Waals surface area contributed by atoms with Crippen molar-refractivity contribution in [2.45, 2.75) is 19.4 Å². The van der Waals surface area contributed by atoms with Crippen LogP contribution in [0.25, 0.3) is 0 Å². The number of rotatable bonds is 2. The summed E-state index contributed by atoms with van der Waals surface area (Å²) < 4.78 is 0. The normalized spacial score (nSPS) is 19.0. The van der Waals surface area contributed by atoms with Crippen molar-refractivity contribution in [3.63, 3.8) is 0 Å². The van der Waals surface area contributed by atoms with Gasteiger partial charge < -0.3 is 10.0 Å². The van der Waals surface area contributed by atoms with E-state index < -0.39 is 0 Å². The number of amides is 1. The van der Waals surface area contributed by atoms with E-state index >= 15 is 0 Å². The van der Waals surface area contributed by atoms with Gasteiger partial charge in [-0.25, -0.2) is 4.98 Å². The molecule has 2 rings (SSSR count). The van der Waals surface area contributed by atoms with E-state index in [2.05, 4.69) is 35.7 Å². The van der Waals surface area contributed by atoms with Crippen LogP contribution >= 0.6 is 0 Å². The quantitative estimate of drug-likeness (QED) is 0.809. The summed E-state index contributed by atoms with van der Waals surface area (Å²) in [4.78, 5) is 21.0. The first-order chi connectivity index (χ1) is 10.2. The monoisotopic (exact) mass is 287 g/mol. The minimum Gasteiger partial charge on any atom is -0.384 e. The Morgan fingerprint density at radius 1 is 1.52 bits per heavy atom. The Hall–Kier alpha value is -1.90. The molecule has 0 radical (unpaired) electrons. The summed E-state index contributed by atoms with van der Waals surface area (Å²) in [6.07, 6.45) is 2.62. The highest BCUT2D eigenvalue weighted by molar-refractivity contribution is 5.94. The van der Waals surface area contributed by atoms with Crippen LogP contribution < -0.4 is 0 Å². The predicted molar refractivity (Wildman–Crippen MR) is 80.8 cm³/mol. The molecule has 1 unspecified atom stereocenters. The largest absolute Gasteiger partial charge is 0.384 e. The van der Waals surface area contributed by atoms with Gasteiger partial charge in [0.2, 0.25) is 0 Å². The number of aromatic nitrogens is 1. The van der Waals surface area contributed by atoms with Crippen molar-refractivity contribution in [2.75, 3.05) is 33.3 Å². The van der Waals surface area contributed by atoms with Gasteiger partial charge in [-0.3, -0.25) is 9.69 Å². The zero-order valence-corrected chi connectivity index (χ0v) is 12.5. The van der Waals surface area contributed by atoms with Gasteiger partial charge in [0.25, 0.3) is 5.91 Å². The first kappa shape index (κ1) is 15.5. The van der Waals surface area contributed by atoms with Gasteiger partial charge in [-0.1, -0.05) is 18.8 Å². The molecule has 0 aliphatic carbocycles. The Labute approximate surface area is 125 Å². The third kappa shape index (κ3) is 3.60. The second-order valence-electron chi connectivity index (χ2n) is 5.15. The molecule has 0 saturated carbocycles. The van der Waals surface area contributed by atoms with E-state index in [1.165, 1.54) is 0 Å². The Balaban J connectivity index is 2.20. The van der Waals surface area contributed by atoms with E-state index in [9.17, 15) is 4.79 Å². The van der Waals surface area contributed by atoms with Crippen LogP contribution in [0.4, 0.5) is 0 Å². The molecule has 0 spiro atoms. The van der Waals surface area contributed by atoms with Crippen LogP contribution in [0.2, 0.25) is 0 Å². The average molecular weight is 287 g/mol. The molecule has 1 aliphatic heterocycles. The van der Waals surface area contributed by atoms with Gasteiger partial charge in [-0.05, 0) is 25.6 Å². The van der Waals surface area contributed by atoms with E-state index in [0.29, 0.717) is 23.8 Å². The number of pyridine rings is 1. The van der Waals surface area contributed by atoms with Crippen molar-refractivity contribution >= 4 is 5.91 Å². The van der Waals surface area contributed by atoms with Gasteiger partial charge >= 0.3 is 0 Å². The molecule has 1 aromatic heterocycles. The Bertz CT molecular complexity index is 562. The molecule has 0 bridgehead atoms. The zero-order valence-electron chi connectivity index (χ0n) is 12.5. The van der Waals surface area contributed by atoms with Crippen LogP contribution in [0.1, 0.15) is 29.4 Å². The van der Waals surface area contributed by atoms with Crippen LogP contribution in [-0.4, -0.2) is 65.1 Å². The predicted octanol–water partition coefficient (Wildman–Crippen LogP) is 0.592. The number of carbonyl (C=O) groups is 1. The molecule has 21 heavy (non-hydrogen) atoms. The first-order valence-corrected chi connectivity index (χ1v) is 7.21. The summed E-state index contributed by atoms with van der Waals surface area (Å²) in [6, 6.07) is 3.89. The van der Waals surface area contributed by atoms with Crippen molar-refractivity contribution in [3.05, 3.63) is 29.6 Å². The number of likely N-dealkylation sites (N-methyl/N-ethyl adjacent to an activating group) is 1. The van der Waals surface area contributed by atoms with Crippen molar-refractivity contribution in [1.82, 2.24) is 14.8 Å². The average Bonchev–Trinajstić information content (AvgIpc) is 2.53. The van der Waals surface area contributed by atoms with E-state index in [1.54, 1.807) is 18.3 Å². The Kier molecular flexibility index (Phi) is 5.32. The van der Waals surface area contributed by atoms with Crippen LogP contribution in [0, 0.1) is 11.8 Å². The fourth-order valence-electron chi connectivity index (χ4n) is 2.53. The first-order valence-electron chi connectivity index (χ1n) is 7.21. The summed E-state index contributed by atoms with van der Waals surface area (Å²) in [6.45, 7) is 4.20. The molecule has 5 heteroatoms. The number of carbonyl (C=O) groups excluding carboxylic acids is 1. The molecule has 5 nitrogen and oxygen atoms in total. The standard InChI is InChI=1S/C16H21N3O2/c1-3-14-12-19(10-9-18(14)2)16(21)15-13(7-5-11-20)6-4-8-17-15/h4,6,8,14,20H,3,9-12H2,1-2H3. The lowest BCUT2D eigenvalue weighted by Gasteiger charge is -2.39. The van der Waals surface area contributed by atoms with Gasteiger partial charge in [-0.2, -0.15) is 0 Å². The van der Waals surface area contributed by atoms with Crippen molar-refractivity contribution in [3.8, 4) is 11.8 Å². The summed E-state index contributed by atoms with van der Waals surface area (Å²) in [5.74, 6) is 5.29. The Morgan fingerprint density at radius 3 is 3.05 bits per heavy atom. The molecule has 1 fully saturated rings. The molecule has 1 amide bonds. The molecule has 112 valence electrons. The molecule has 1 atom stereocenters. The van der Waals surface area contributed by atoms with Crippen molar-refractivity contribution in [1.29, 1.82) is 0 Å². The zero-order chi connectivity index (χ0) is 15.2. The number of aliphatic hydroxyl groups is 1. The second-order valence-corrected chi connectivity index (χ2v) is 5.15. The van der Waals surface area contributed by atoms with Crippen molar-refractivity contribution in [2.24, 2.45) is 0 Å². The van der Waals surface area contributed by atoms with Crippen LogP contribution in [-0.2, 0) is 0 Å². The lowest BCUT2D eigenvalue weighted by Crippen LogP contribution is -2.53. The summed E-state index contributed by atoms with van der Waals surface area (Å²) in [7, 11) is 2.09. The summed E-state index contributed by atoms with van der Waals surface area (Å²) >= 11 is 0. The maximum atomic E-state index is 12.7. The molecule has 2 heterocycles. The Morgan fingerprint density at radius 2 is 2.33 bits per heavy atom. The van der Waals surface area contributed by atoms with E-state index in [1.807, 2.05) is 4.90 Å². The van der Waals surface area contributed by atoms with Gasteiger partial charge in [0.1, 0.15) is 12.3 Å². The summed E-state index contributed by atoms with van der Waals surface area (Å²) in [5, 5.41) is 8.81. The number of piperazine rings is 1. The topological polar surface area (TPSA) is 56.7 Å². The van der Waals surface area contributed by atoms with Gasteiger partial charge in [-0.15, -0.1) is 0 Å². The minimum atomic E-state index is -0.227. The molecular formula is C16H21N3O2. The SMILES string of the molecule is CCC1CN(C(=O)c2ncccc2C#CCO)CCN1C. The number of aliphatic hydroxyl groups excluding tert-OH is 1. The number of hydrogen-bond acceptors (Lipinski definition) is 4.